The molecule has 0 saturated heterocycles. The van der Waals surface area contributed by atoms with Gasteiger partial charge in [-0.05, 0) is 143 Å². The lowest BCUT2D eigenvalue weighted by molar-refractivity contribution is -0.184. The highest BCUT2D eigenvalue weighted by atomic mass is 19.4. The second kappa shape index (κ2) is 21.7. The summed E-state index contributed by atoms with van der Waals surface area (Å²) >= 11 is 0. The molecule has 0 spiro atoms. The Bertz CT molecular complexity index is 2690. The molecule has 1 aromatic heterocycles. The van der Waals surface area contributed by atoms with E-state index in [0.717, 1.165) is 23.3 Å². The second-order valence-corrected chi connectivity index (χ2v) is 16.1. The number of hydrogen-bond acceptors (Lipinski definition) is 11. The SMILES string of the molecule is COC(=O)C(C)(C)C(C)(C(=O)CCCOc1ccc(C#Cc2ccc(C#Cc3ccc(C(F)(F)F)cc3)cc2)cc1)C(C)(C)C(=O)OCCOc1ccc(/N=N/c2ccc(C#N)nc2)cc1. The molecule has 14 heteroatoms. The van der Waals surface area contributed by atoms with Crippen molar-refractivity contribution in [2.24, 2.45) is 26.5 Å². The number of Topliss-reactive ketones (excluding diaryl/α,β-unsaturated/α-hetero) is 1. The first-order valence-corrected chi connectivity index (χ1v) is 20.7. The molecule has 0 fully saturated rings. The lowest BCUT2D eigenvalue weighted by atomic mass is 9.51. The minimum Gasteiger partial charge on any atom is -0.494 e. The molecule has 5 aromatic rings. The Labute approximate surface area is 382 Å². The number of alkyl halides is 3. The van der Waals surface area contributed by atoms with Crippen LogP contribution in [0.25, 0.3) is 0 Å². The number of pyridine rings is 1. The molecule has 1 heterocycles. The summed E-state index contributed by atoms with van der Waals surface area (Å²) in [7, 11) is 1.23. The van der Waals surface area contributed by atoms with Crippen LogP contribution in [0.5, 0.6) is 11.5 Å². The Balaban J connectivity index is 1.11. The minimum atomic E-state index is -4.40. The number of nitriles is 1. The van der Waals surface area contributed by atoms with Crippen LogP contribution in [0.2, 0.25) is 0 Å². The number of rotatable bonds is 16. The molecule has 338 valence electrons. The number of ether oxygens (including phenoxy) is 4. The average Bonchev–Trinajstić information content (AvgIpc) is 3.32. The van der Waals surface area contributed by atoms with Crippen molar-refractivity contribution >= 4 is 29.1 Å². The average molecular weight is 897 g/mol. The van der Waals surface area contributed by atoms with Gasteiger partial charge in [0.1, 0.15) is 47.9 Å². The quantitative estimate of drug-likeness (QED) is 0.0408. The number of azo groups is 1. The van der Waals surface area contributed by atoms with Gasteiger partial charge in [-0.2, -0.15) is 23.5 Å². The molecule has 0 bridgehead atoms. The Morgan fingerprint density at radius 1 is 0.606 bits per heavy atom. The Hall–Kier alpha value is -7.76. The van der Waals surface area contributed by atoms with Gasteiger partial charge in [0, 0.05) is 28.7 Å². The van der Waals surface area contributed by atoms with E-state index in [2.05, 4.69) is 38.9 Å². The number of benzene rings is 4. The zero-order valence-electron chi connectivity index (χ0n) is 37.3. The molecule has 0 saturated carbocycles. The summed E-state index contributed by atoms with van der Waals surface area (Å²) in [4.78, 5) is 45.1. The summed E-state index contributed by atoms with van der Waals surface area (Å²) in [5.74, 6) is 11.4. The first-order valence-electron chi connectivity index (χ1n) is 20.7. The van der Waals surface area contributed by atoms with E-state index in [9.17, 15) is 27.6 Å². The van der Waals surface area contributed by atoms with Gasteiger partial charge in [-0.15, -0.1) is 5.11 Å². The Morgan fingerprint density at radius 2 is 1.06 bits per heavy atom. The van der Waals surface area contributed by atoms with Gasteiger partial charge in [-0.3, -0.25) is 14.4 Å². The largest absolute Gasteiger partial charge is 0.494 e. The molecule has 1 atom stereocenters. The van der Waals surface area contributed by atoms with Crippen molar-refractivity contribution in [3.63, 3.8) is 0 Å². The van der Waals surface area contributed by atoms with Crippen LogP contribution in [0.4, 0.5) is 24.5 Å². The minimum absolute atomic E-state index is 0.000342. The fourth-order valence-corrected chi connectivity index (χ4v) is 6.83. The fraction of sp³-hybridized carbons (Fsp3) is 0.288. The van der Waals surface area contributed by atoms with Crippen molar-refractivity contribution < 1.29 is 46.5 Å². The number of ketones is 1. The third-order valence-corrected chi connectivity index (χ3v) is 11.3. The van der Waals surface area contributed by atoms with E-state index in [1.807, 2.05) is 6.07 Å². The van der Waals surface area contributed by atoms with Crippen LogP contribution >= 0.6 is 0 Å². The highest BCUT2D eigenvalue weighted by molar-refractivity contribution is 5.97. The number of carbonyl (C=O) groups is 3. The third-order valence-electron chi connectivity index (χ3n) is 11.3. The van der Waals surface area contributed by atoms with Gasteiger partial charge in [0.25, 0.3) is 0 Å². The van der Waals surface area contributed by atoms with Gasteiger partial charge in [0.2, 0.25) is 0 Å². The third kappa shape index (κ3) is 12.5. The number of aromatic nitrogens is 1. The molecule has 0 radical (unpaired) electrons. The van der Waals surface area contributed by atoms with Crippen molar-refractivity contribution in [3.05, 3.63) is 149 Å². The number of halogens is 3. The number of methoxy groups -OCH3 is 1. The van der Waals surface area contributed by atoms with Crippen molar-refractivity contribution in [1.29, 1.82) is 5.26 Å². The summed E-state index contributed by atoms with van der Waals surface area (Å²) in [6, 6.07) is 30.9. The molecule has 4 aromatic carbocycles. The molecular formula is C52H47F3N4O7. The maximum Gasteiger partial charge on any atom is 0.416 e. The van der Waals surface area contributed by atoms with E-state index in [4.69, 9.17) is 24.2 Å². The van der Waals surface area contributed by atoms with Crippen LogP contribution in [0, 0.1) is 51.3 Å². The monoisotopic (exact) mass is 896 g/mol. The molecule has 1 unspecified atom stereocenters. The molecule has 5 rings (SSSR count). The van der Waals surface area contributed by atoms with Crippen molar-refractivity contribution in [2.75, 3.05) is 26.9 Å². The van der Waals surface area contributed by atoms with Crippen molar-refractivity contribution in [3.8, 4) is 41.2 Å². The van der Waals surface area contributed by atoms with E-state index in [1.54, 1.807) is 120 Å². The van der Waals surface area contributed by atoms with E-state index in [1.165, 1.54) is 25.4 Å². The van der Waals surface area contributed by atoms with Crippen molar-refractivity contribution in [2.45, 2.75) is 53.6 Å². The summed E-state index contributed by atoms with van der Waals surface area (Å²) in [5.41, 5.74) is -1.25. The molecule has 66 heavy (non-hydrogen) atoms. The predicted octanol–water partition coefficient (Wildman–Crippen LogP) is 10.8. The first-order chi connectivity index (χ1) is 31.4. The highest BCUT2D eigenvalue weighted by Gasteiger charge is 2.63. The van der Waals surface area contributed by atoms with Gasteiger partial charge < -0.3 is 18.9 Å². The molecular weight excluding hydrogens is 850 g/mol. The summed E-state index contributed by atoms with van der Waals surface area (Å²) in [5, 5.41) is 17.1. The van der Waals surface area contributed by atoms with E-state index < -0.39 is 39.9 Å². The zero-order chi connectivity index (χ0) is 48.0. The Morgan fingerprint density at radius 3 is 1.55 bits per heavy atom. The highest BCUT2D eigenvalue weighted by Crippen LogP contribution is 2.54. The lowest BCUT2D eigenvalue weighted by Crippen LogP contribution is -2.59. The Kier molecular flexibility index (Phi) is 16.2. The maximum atomic E-state index is 14.2. The van der Waals surface area contributed by atoms with Crippen molar-refractivity contribution in [1.82, 2.24) is 4.98 Å². The van der Waals surface area contributed by atoms with Crippen LogP contribution < -0.4 is 9.47 Å². The van der Waals surface area contributed by atoms with Crippen LogP contribution in [0.1, 0.15) is 81.0 Å². The number of hydrogen-bond donors (Lipinski definition) is 0. The number of nitrogens with zero attached hydrogens (tertiary/aromatic N) is 4. The lowest BCUT2D eigenvalue weighted by Gasteiger charge is -2.49. The van der Waals surface area contributed by atoms with Crippen LogP contribution in [0.15, 0.2) is 126 Å². The summed E-state index contributed by atoms with van der Waals surface area (Å²) < 4.78 is 60.9. The van der Waals surface area contributed by atoms with Crippen LogP contribution in [0.3, 0.4) is 0 Å². The van der Waals surface area contributed by atoms with E-state index in [0.29, 0.717) is 40.4 Å². The topological polar surface area (TPSA) is 150 Å². The van der Waals surface area contributed by atoms with Crippen LogP contribution in [-0.4, -0.2) is 49.6 Å². The predicted molar refractivity (Wildman–Crippen MR) is 240 cm³/mol. The standard InChI is InChI=1S/C52H47F3N4O7/c1-49(2,47(61)63-6)51(5,50(3,4)48(62)66-33-32-65-45-29-25-41(26-30-45)58-59-43-24-23-42(34-56)57-35-43)46(60)8-7-31-64-44-27-19-39(20-28-44)16-14-37-11-9-36(10-12-37)13-15-38-17-21-40(22-18-38)52(53,54)55/h9-12,17-30,35H,7-8,31-33H2,1-6H3/b59-58+. The van der Waals surface area contributed by atoms with Gasteiger partial charge in [0.05, 0.1) is 47.4 Å². The van der Waals surface area contributed by atoms with Gasteiger partial charge >= 0.3 is 18.1 Å². The molecule has 0 aliphatic carbocycles. The summed E-state index contributed by atoms with van der Waals surface area (Å²) in [6.07, 6.45) is -2.66. The second-order valence-electron chi connectivity index (χ2n) is 16.1. The molecule has 0 amide bonds. The molecule has 0 aliphatic rings. The van der Waals surface area contributed by atoms with Gasteiger partial charge in [0.15, 0.2) is 0 Å². The smallest absolute Gasteiger partial charge is 0.416 e. The maximum absolute atomic E-state index is 14.2. The number of carbonyl (C=O) groups excluding carboxylic acids is 3. The van der Waals surface area contributed by atoms with E-state index >= 15 is 0 Å². The normalized spacial score (nSPS) is 12.3. The first kappa shape index (κ1) is 49.3. The van der Waals surface area contributed by atoms with E-state index in [-0.39, 0.29) is 37.7 Å². The number of esters is 2. The van der Waals surface area contributed by atoms with Gasteiger partial charge in [-0.25, -0.2) is 4.98 Å². The molecule has 0 N–H and O–H groups in total. The molecule has 0 aliphatic heterocycles. The summed E-state index contributed by atoms with van der Waals surface area (Å²) in [6.45, 7) is 8.00. The zero-order valence-corrected chi connectivity index (χ0v) is 37.3. The van der Waals surface area contributed by atoms with Gasteiger partial charge in [-0.1, -0.05) is 30.6 Å². The van der Waals surface area contributed by atoms with Crippen LogP contribution in [-0.2, 0) is 30.0 Å². The fourth-order valence-electron chi connectivity index (χ4n) is 6.83. The molecule has 11 nitrogen and oxygen atoms in total.